The number of ether oxygens (including phenoxy) is 2. The van der Waals surface area contributed by atoms with E-state index in [1.54, 1.807) is 29.7 Å². The Bertz CT molecular complexity index is 1220. The van der Waals surface area contributed by atoms with Crippen molar-refractivity contribution in [2.75, 3.05) is 13.7 Å². The SMILES string of the molecule is COC(=O)c1cc(COCC(c2cnc(C)[nH]2)c2nccs2)ccc1CCc1ccc(F)cc1. The van der Waals surface area contributed by atoms with Crippen LogP contribution in [0.3, 0.4) is 0 Å². The molecule has 0 spiro atoms. The lowest BCUT2D eigenvalue weighted by Crippen LogP contribution is -2.11. The minimum absolute atomic E-state index is 0.0451. The normalized spacial score (nSPS) is 12.0. The number of aromatic nitrogens is 3. The molecule has 0 fully saturated rings. The first kappa shape index (κ1) is 23.8. The van der Waals surface area contributed by atoms with E-state index in [9.17, 15) is 9.18 Å². The summed E-state index contributed by atoms with van der Waals surface area (Å²) in [5.74, 6) is 0.152. The Morgan fingerprint density at radius 3 is 2.59 bits per heavy atom. The molecule has 0 saturated heterocycles. The zero-order valence-corrected chi connectivity index (χ0v) is 19.9. The zero-order valence-electron chi connectivity index (χ0n) is 19.1. The van der Waals surface area contributed by atoms with Gasteiger partial charge in [-0.15, -0.1) is 11.3 Å². The van der Waals surface area contributed by atoms with Crippen LogP contribution in [0.4, 0.5) is 4.39 Å². The van der Waals surface area contributed by atoms with E-state index in [2.05, 4.69) is 15.0 Å². The number of aromatic amines is 1. The first-order valence-electron chi connectivity index (χ1n) is 11.0. The highest BCUT2D eigenvalue weighted by Crippen LogP contribution is 2.26. The summed E-state index contributed by atoms with van der Waals surface area (Å²) >= 11 is 1.58. The van der Waals surface area contributed by atoms with E-state index in [-0.39, 0.29) is 17.7 Å². The van der Waals surface area contributed by atoms with Crippen molar-refractivity contribution in [1.82, 2.24) is 15.0 Å². The van der Waals surface area contributed by atoms with E-state index >= 15 is 0 Å². The molecule has 0 aliphatic carbocycles. The van der Waals surface area contributed by atoms with E-state index in [4.69, 9.17) is 9.47 Å². The van der Waals surface area contributed by atoms with Crippen molar-refractivity contribution in [2.45, 2.75) is 32.3 Å². The maximum atomic E-state index is 13.2. The Morgan fingerprint density at radius 1 is 1.12 bits per heavy atom. The number of carbonyl (C=O) groups excluding carboxylic acids is 1. The Balaban J connectivity index is 1.44. The molecule has 0 radical (unpaired) electrons. The van der Waals surface area contributed by atoms with Gasteiger partial charge in [-0.1, -0.05) is 24.3 Å². The number of aryl methyl sites for hydroxylation is 3. The molecular weight excluding hydrogens is 453 g/mol. The molecule has 0 amide bonds. The van der Waals surface area contributed by atoms with Gasteiger partial charge < -0.3 is 14.5 Å². The number of nitrogens with zero attached hydrogens (tertiary/aromatic N) is 2. The number of rotatable bonds is 10. The van der Waals surface area contributed by atoms with E-state index in [0.717, 1.165) is 33.2 Å². The minimum atomic E-state index is -0.385. The van der Waals surface area contributed by atoms with Crippen LogP contribution < -0.4 is 0 Å². The maximum absolute atomic E-state index is 13.2. The lowest BCUT2D eigenvalue weighted by molar-refractivity contribution is 0.0599. The van der Waals surface area contributed by atoms with Crippen molar-refractivity contribution < 1.29 is 18.7 Å². The summed E-state index contributed by atoms with van der Waals surface area (Å²) in [4.78, 5) is 24.5. The lowest BCUT2D eigenvalue weighted by atomic mass is 9.98. The average molecular weight is 480 g/mol. The second-order valence-corrected chi connectivity index (χ2v) is 8.90. The Morgan fingerprint density at radius 2 is 1.91 bits per heavy atom. The number of hydrogen-bond acceptors (Lipinski definition) is 6. The van der Waals surface area contributed by atoms with Gasteiger partial charge in [0.25, 0.3) is 0 Å². The van der Waals surface area contributed by atoms with Crippen LogP contribution in [-0.2, 0) is 28.9 Å². The molecule has 2 aromatic carbocycles. The van der Waals surface area contributed by atoms with Gasteiger partial charge in [0.2, 0.25) is 0 Å². The van der Waals surface area contributed by atoms with Gasteiger partial charge in [-0.3, -0.25) is 0 Å². The molecule has 0 aliphatic heterocycles. The summed E-state index contributed by atoms with van der Waals surface area (Å²) in [5.41, 5.74) is 4.25. The zero-order chi connectivity index (χ0) is 23.9. The second-order valence-electron chi connectivity index (χ2n) is 7.97. The molecule has 6 nitrogen and oxygen atoms in total. The van der Waals surface area contributed by atoms with Crippen LogP contribution in [0, 0.1) is 12.7 Å². The number of halogens is 1. The molecule has 34 heavy (non-hydrogen) atoms. The van der Waals surface area contributed by atoms with Crippen LogP contribution in [0.1, 0.15) is 49.5 Å². The van der Waals surface area contributed by atoms with Gasteiger partial charge in [0.15, 0.2) is 0 Å². The molecule has 4 aromatic rings. The average Bonchev–Trinajstić information content (AvgIpc) is 3.53. The van der Waals surface area contributed by atoms with Crippen molar-refractivity contribution in [3.05, 3.63) is 105 Å². The number of benzene rings is 2. The Labute approximate surface area is 201 Å². The molecule has 2 aromatic heterocycles. The smallest absolute Gasteiger partial charge is 0.338 e. The van der Waals surface area contributed by atoms with Crippen molar-refractivity contribution in [2.24, 2.45) is 0 Å². The monoisotopic (exact) mass is 479 g/mol. The molecule has 176 valence electrons. The molecule has 8 heteroatoms. The lowest BCUT2D eigenvalue weighted by Gasteiger charge is -2.15. The van der Waals surface area contributed by atoms with Crippen molar-refractivity contribution in [1.29, 1.82) is 0 Å². The number of thiazole rings is 1. The van der Waals surface area contributed by atoms with Gasteiger partial charge in [-0.25, -0.2) is 19.2 Å². The largest absolute Gasteiger partial charge is 0.465 e. The van der Waals surface area contributed by atoms with Crippen LogP contribution >= 0.6 is 11.3 Å². The first-order chi connectivity index (χ1) is 16.5. The van der Waals surface area contributed by atoms with Crippen LogP contribution in [0.2, 0.25) is 0 Å². The van der Waals surface area contributed by atoms with Crippen LogP contribution in [0.5, 0.6) is 0 Å². The number of nitrogens with one attached hydrogen (secondary N) is 1. The summed E-state index contributed by atoms with van der Waals surface area (Å²) in [6.45, 7) is 2.68. The van der Waals surface area contributed by atoms with Crippen LogP contribution in [0.25, 0.3) is 0 Å². The van der Waals surface area contributed by atoms with E-state index in [0.29, 0.717) is 31.6 Å². The summed E-state index contributed by atoms with van der Waals surface area (Å²) in [5, 5.41) is 2.90. The number of imidazole rings is 1. The van der Waals surface area contributed by atoms with Crippen molar-refractivity contribution in [3.63, 3.8) is 0 Å². The third-order valence-electron chi connectivity index (χ3n) is 5.58. The highest BCUT2D eigenvalue weighted by molar-refractivity contribution is 7.09. The number of H-pyrrole nitrogens is 1. The minimum Gasteiger partial charge on any atom is -0.465 e. The van der Waals surface area contributed by atoms with Gasteiger partial charge in [-0.05, 0) is 54.7 Å². The molecule has 1 N–H and O–H groups in total. The van der Waals surface area contributed by atoms with Gasteiger partial charge in [-0.2, -0.15) is 0 Å². The van der Waals surface area contributed by atoms with E-state index < -0.39 is 0 Å². The van der Waals surface area contributed by atoms with Gasteiger partial charge in [0.1, 0.15) is 16.6 Å². The number of methoxy groups -OCH3 is 1. The number of hydrogen-bond donors (Lipinski definition) is 1. The fraction of sp³-hybridized carbons (Fsp3) is 0.269. The quantitative estimate of drug-likeness (QED) is 0.315. The Hall–Kier alpha value is -3.36. The summed E-state index contributed by atoms with van der Waals surface area (Å²) < 4.78 is 24.2. The summed E-state index contributed by atoms with van der Waals surface area (Å²) in [7, 11) is 1.38. The predicted octanol–water partition coefficient (Wildman–Crippen LogP) is 5.23. The van der Waals surface area contributed by atoms with Gasteiger partial charge >= 0.3 is 5.97 Å². The summed E-state index contributed by atoms with van der Waals surface area (Å²) in [6.07, 6.45) is 4.93. The third kappa shape index (κ3) is 5.95. The fourth-order valence-corrected chi connectivity index (χ4v) is 4.52. The number of esters is 1. The molecule has 0 aliphatic rings. The molecule has 4 rings (SSSR count). The molecule has 1 unspecified atom stereocenters. The third-order valence-corrected chi connectivity index (χ3v) is 6.47. The van der Waals surface area contributed by atoms with E-state index in [1.807, 2.05) is 36.7 Å². The van der Waals surface area contributed by atoms with Gasteiger partial charge in [0, 0.05) is 23.5 Å². The van der Waals surface area contributed by atoms with E-state index in [1.165, 1.54) is 19.2 Å². The molecular formula is C26H26FN3O3S. The van der Waals surface area contributed by atoms with Crippen LogP contribution in [0.15, 0.2) is 60.2 Å². The van der Waals surface area contributed by atoms with Gasteiger partial charge in [0.05, 0.1) is 31.8 Å². The van der Waals surface area contributed by atoms with Crippen molar-refractivity contribution in [3.8, 4) is 0 Å². The molecule has 1 atom stereocenters. The number of carbonyl (C=O) groups is 1. The van der Waals surface area contributed by atoms with Crippen LogP contribution in [-0.4, -0.2) is 34.6 Å². The van der Waals surface area contributed by atoms with Crippen molar-refractivity contribution >= 4 is 17.3 Å². The fourth-order valence-electron chi connectivity index (χ4n) is 3.77. The summed E-state index contributed by atoms with van der Waals surface area (Å²) in [6, 6.07) is 12.1. The highest BCUT2D eigenvalue weighted by Gasteiger charge is 2.20. The standard InChI is InChI=1S/C26H26FN3O3S/c1-17-29-14-24(30-17)23(25-28-11-12-34-25)16-33-15-19-4-8-20(22(13-19)26(31)32-2)7-3-18-5-9-21(27)10-6-18/h4-6,8-14,23H,3,7,15-16H2,1-2H3,(H,29,30). The molecule has 0 saturated carbocycles. The topological polar surface area (TPSA) is 77.1 Å². The predicted molar refractivity (Wildman–Crippen MR) is 129 cm³/mol. The maximum Gasteiger partial charge on any atom is 0.338 e. The molecule has 2 heterocycles. The first-order valence-corrected chi connectivity index (χ1v) is 11.8. The Kier molecular flexibility index (Phi) is 7.82. The highest BCUT2D eigenvalue weighted by atomic mass is 32.1. The molecule has 0 bridgehead atoms. The second kappa shape index (κ2) is 11.2.